The summed E-state index contributed by atoms with van der Waals surface area (Å²) in [5.74, 6) is 0.514. The summed E-state index contributed by atoms with van der Waals surface area (Å²) < 4.78 is 25.5. The van der Waals surface area contributed by atoms with Crippen LogP contribution in [0, 0.1) is 11.7 Å². The lowest BCUT2D eigenvalue weighted by Crippen LogP contribution is -2.13. The predicted octanol–water partition coefficient (Wildman–Crippen LogP) is 7.59. The van der Waals surface area contributed by atoms with Gasteiger partial charge in [0.05, 0.1) is 17.9 Å². The van der Waals surface area contributed by atoms with Gasteiger partial charge >= 0.3 is 0 Å². The minimum Gasteiger partial charge on any atom is -0.491 e. The highest BCUT2D eigenvalue weighted by Gasteiger charge is 2.15. The van der Waals surface area contributed by atoms with E-state index >= 15 is 0 Å². The van der Waals surface area contributed by atoms with Gasteiger partial charge in [0.25, 0.3) is 0 Å². The molecular formula is C29H40FN3O3. The molecule has 0 spiro atoms. The van der Waals surface area contributed by atoms with Crippen LogP contribution < -0.4 is 15.4 Å². The van der Waals surface area contributed by atoms with Crippen molar-refractivity contribution in [3.63, 3.8) is 0 Å². The number of rotatable bonds is 16. The average molecular weight is 498 g/mol. The summed E-state index contributed by atoms with van der Waals surface area (Å²) in [6.45, 7) is 10.9. The first-order chi connectivity index (χ1) is 17.4. The second kappa shape index (κ2) is 15.7. The van der Waals surface area contributed by atoms with Gasteiger partial charge in [0.15, 0.2) is 0 Å². The van der Waals surface area contributed by atoms with E-state index in [9.17, 15) is 9.18 Å². The molecule has 0 atom stereocenters. The quantitative estimate of drug-likeness (QED) is 0.185. The van der Waals surface area contributed by atoms with Crippen LogP contribution in [0.25, 0.3) is 5.70 Å². The Morgan fingerprint density at radius 1 is 1.06 bits per heavy atom. The van der Waals surface area contributed by atoms with Crippen LogP contribution >= 0.6 is 0 Å². The van der Waals surface area contributed by atoms with Gasteiger partial charge in [-0.15, -0.1) is 0 Å². The molecule has 2 aromatic rings. The fraction of sp³-hybridized carbons (Fsp3) is 0.448. The van der Waals surface area contributed by atoms with Crippen molar-refractivity contribution < 1.29 is 18.7 Å². The highest BCUT2D eigenvalue weighted by molar-refractivity contribution is 5.91. The van der Waals surface area contributed by atoms with Crippen LogP contribution in [-0.4, -0.2) is 32.4 Å². The van der Waals surface area contributed by atoms with E-state index in [0.717, 1.165) is 30.6 Å². The fourth-order valence-corrected chi connectivity index (χ4v) is 4.12. The molecular weight excluding hydrogens is 457 g/mol. The zero-order chi connectivity index (χ0) is 26.3. The summed E-state index contributed by atoms with van der Waals surface area (Å²) in [6, 6.07) is 10.3. The lowest BCUT2D eigenvalue weighted by Gasteiger charge is -2.16. The first-order valence-corrected chi connectivity index (χ1v) is 12.7. The van der Waals surface area contributed by atoms with Gasteiger partial charge in [-0.05, 0) is 43.5 Å². The molecule has 2 rings (SSSR count). The monoisotopic (exact) mass is 497 g/mol. The third kappa shape index (κ3) is 9.46. The van der Waals surface area contributed by atoms with E-state index in [-0.39, 0.29) is 11.5 Å². The highest BCUT2D eigenvalue weighted by Crippen LogP contribution is 2.33. The molecule has 0 fully saturated rings. The van der Waals surface area contributed by atoms with Gasteiger partial charge in [-0.25, -0.2) is 4.39 Å². The lowest BCUT2D eigenvalue weighted by molar-refractivity contribution is -0.116. The van der Waals surface area contributed by atoms with Gasteiger partial charge in [0.1, 0.15) is 18.2 Å². The molecule has 6 nitrogen and oxygen atoms in total. The minimum absolute atomic E-state index is 0.0225. The van der Waals surface area contributed by atoms with E-state index in [4.69, 9.17) is 9.47 Å². The summed E-state index contributed by atoms with van der Waals surface area (Å²) in [7, 11) is 1.58. The third-order valence-corrected chi connectivity index (χ3v) is 5.81. The Balaban J connectivity index is 2.02. The van der Waals surface area contributed by atoms with E-state index < -0.39 is 5.82 Å². The molecule has 2 N–H and O–H groups in total. The van der Waals surface area contributed by atoms with Crippen molar-refractivity contribution in [3.05, 3.63) is 54.4 Å². The Labute approximate surface area is 215 Å². The Morgan fingerprint density at radius 2 is 1.69 bits per heavy atom. The number of carbonyl (C=O) groups excluding carboxylic acids is 1. The van der Waals surface area contributed by atoms with Crippen molar-refractivity contribution in [2.24, 2.45) is 10.9 Å². The van der Waals surface area contributed by atoms with Gasteiger partial charge in [-0.1, -0.05) is 46.1 Å². The average Bonchev–Trinajstić information content (AvgIpc) is 2.84. The Morgan fingerprint density at radius 3 is 2.28 bits per heavy atom. The van der Waals surface area contributed by atoms with E-state index in [1.165, 1.54) is 18.9 Å². The molecule has 0 aliphatic rings. The first-order valence-electron chi connectivity index (χ1n) is 12.7. The number of ether oxygens (including phenoxy) is 2. The summed E-state index contributed by atoms with van der Waals surface area (Å²) >= 11 is 0. The second-order valence-corrected chi connectivity index (χ2v) is 8.74. The molecule has 0 aliphatic heterocycles. The molecule has 7 heteroatoms. The van der Waals surface area contributed by atoms with Gasteiger partial charge in [-0.2, -0.15) is 0 Å². The molecule has 196 valence electrons. The third-order valence-electron chi connectivity index (χ3n) is 5.81. The normalized spacial score (nSPS) is 11.2. The molecule has 0 unspecified atom stereocenters. The van der Waals surface area contributed by atoms with Gasteiger partial charge in [-0.3, -0.25) is 9.79 Å². The molecule has 0 aliphatic carbocycles. The van der Waals surface area contributed by atoms with E-state index in [2.05, 4.69) is 36.1 Å². The van der Waals surface area contributed by atoms with Gasteiger partial charge in [0, 0.05) is 48.9 Å². The number of aliphatic imine (C=N–C) groups is 1. The molecule has 0 heterocycles. The van der Waals surface area contributed by atoms with Crippen molar-refractivity contribution in [1.82, 2.24) is 0 Å². The molecule has 0 radical (unpaired) electrons. The van der Waals surface area contributed by atoms with Crippen LogP contribution in [0.1, 0.15) is 64.9 Å². The summed E-state index contributed by atoms with van der Waals surface area (Å²) in [4.78, 5) is 16.7. The van der Waals surface area contributed by atoms with Crippen molar-refractivity contribution in [2.75, 3.05) is 31.0 Å². The smallest absolute Gasteiger partial charge is 0.224 e. The number of methoxy groups -OCH3 is 1. The molecule has 0 bridgehead atoms. The Kier molecular flexibility index (Phi) is 12.7. The topological polar surface area (TPSA) is 72.0 Å². The van der Waals surface area contributed by atoms with Crippen LogP contribution in [0.15, 0.2) is 48.0 Å². The van der Waals surface area contributed by atoms with E-state index in [0.29, 0.717) is 42.7 Å². The fourth-order valence-electron chi connectivity index (χ4n) is 4.12. The molecule has 0 saturated carbocycles. The molecule has 1 amide bonds. The predicted molar refractivity (Wildman–Crippen MR) is 148 cm³/mol. The van der Waals surface area contributed by atoms with E-state index in [1.807, 2.05) is 24.3 Å². The number of anilines is 2. The summed E-state index contributed by atoms with van der Waals surface area (Å²) in [6.07, 6.45) is 7.66. The van der Waals surface area contributed by atoms with Crippen molar-refractivity contribution >= 4 is 34.9 Å². The van der Waals surface area contributed by atoms with E-state index in [1.54, 1.807) is 26.3 Å². The Bertz CT molecular complexity index is 1000. The molecule has 36 heavy (non-hydrogen) atoms. The maximum Gasteiger partial charge on any atom is 0.224 e. The highest BCUT2D eigenvalue weighted by atomic mass is 19.1. The lowest BCUT2D eigenvalue weighted by atomic mass is 9.93. The number of hydrogen-bond donors (Lipinski definition) is 2. The minimum atomic E-state index is -0.489. The Hall–Kier alpha value is -3.19. The van der Waals surface area contributed by atoms with Crippen molar-refractivity contribution in [2.45, 2.75) is 59.3 Å². The van der Waals surface area contributed by atoms with Crippen LogP contribution in [0.4, 0.5) is 21.5 Å². The second-order valence-electron chi connectivity index (χ2n) is 8.74. The van der Waals surface area contributed by atoms with Gasteiger partial charge in [0.2, 0.25) is 5.91 Å². The largest absolute Gasteiger partial charge is 0.491 e. The number of nitrogens with zero attached hydrogens (tertiary/aromatic N) is 1. The van der Waals surface area contributed by atoms with Crippen LogP contribution in [-0.2, 0) is 9.53 Å². The molecule has 2 aromatic carbocycles. The maximum atomic E-state index is 15.0. The first kappa shape index (κ1) is 29.0. The van der Waals surface area contributed by atoms with Crippen molar-refractivity contribution in [1.29, 1.82) is 0 Å². The number of nitrogens with one attached hydrogen (secondary N) is 2. The van der Waals surface area contributed by atoms with Crippen LogP contribution in [0.5, 0.6) is 5.75 Å². The standard InChI is InChI=1S/C29H40FN3O3/c1-6-9-22(10-7-2)11-16-28(34)33-24-14-12-23(13-15-24)32-21(4)29-26(30)19-25(36-18-17-35-5)20-27(29)31-8-3/h8,12-15,19-20,22,32H,4,6-7,9-11,16-18H2,1-3,5H3,(H,33,34). The van der Waals surface area contributed by atoms with Crippen LogP contribution in [0.2, 0.25) is 0 Å². The number of halogens is 1. The number of carbonyl (C=O) groups is 1. The number of amides is 1. The zero-order valence-electron chi connectivity index (χ0n) is 22.0. The van der Waals surface area contributed by atoms with Gasteiger partial charge < -0.3 is 20.1 Å². The number of benzene rings is 2. The molecule has 0 aromatic heterocycles. The maximum absolute atomic E-state index is 15.0. The van der Waals surface area contributed by atoms with Crippen LogP contribution in [0.3, 0.4) is 0 Å². The summed E-state index contributed by atoms with van der Waals surface area (Å²) in [5, 5.41) is 6.10. The van der Waals surface area contributed by atoms with Crippen molar-refractivity contribution in [3.8, 4) is 5.75 Å². The zero-order valence-corrected chi connectivity index (χ0v) is 22.0. The SMILES string of the molecule is C=C(Nc1ccc(NC(=O)CCC(CCC)CCC)cc1)c1c(F)cc(OCCOC)cc1N=CC. The summed E-state index contributed by atoms with van der Waals surface area (Å²) in [5.41, 5.74) is 2.48. The number of hydrogen-bond acceptors (Lipinski definition) is 5. The molecule has 0 saturated heterocycles.